The second kappa shape index (κ2) is 7.04. The van der Waals surface area contributed by atoms with Gasteiger partial charge in [0, 0.05) is 16.0 Å². The third-order valence-electron chi connectivity index (χ3n) is 5.46. The van der Waals surface area contributed by atoms with Gasteiger partial charge in [-0.2, -0.15) is 4.98 Å². The SMILES string of the molecule is CSc1nc2n(n1)[C@H](c1cccs1)C1=C(N2)c2ccccc2O[C@H]1c1ccccc1. The number of nitrogens with zero attached hydrogens (tertiary/aromatic N) is 3. The summed E-state index contributed by atoms with van der Waals surface area (Å²) in [7, 11) is 0. The number of para-hydroxylation sites is 1. The van der Waals surface area contributed by atoms with Gasteiger partial charge in [0.2, 0.25) is 11.1 Å². The Bertz CT molecular complexity index is 1250. The minimum Gasteiger partial charge on any atom is -0.480 e. The van der Waals surface area contributed by atoms with Gasteiger partial charge in [0.1, 0.15) is 17.9 Å². The Kier molecular flexibility index (Phi) is 4.17. The first-order valence-electron chi connectivity index (χ1n) is 9.69. The van der Waals surface area contributed by atoms with E-state index >= 15 is 0 Å². The number of aromatic nitrogens is 3. The molecule has 0 amide bonds. The van der Waals surface area contributed by atoms with E-state index in [9.17, 15) is 0 Å². The zero-order valence-electron chi connectivity index (χ0n) is 16.1. The molecule has 1 N–H and O–H groups in total. The van der Waals surface area contributed by atoms with Crippen LogP contribution < -0.4 is 10.1 Å². The smallest absolute Gasteiger partial charge is 0.227 e. The van der Waals surface area contributed by atoms with E-state index in [1.165, 1.54) is 4.88 Å². The van der Waals surface area contributed by atoms with E-state index in [1.807, 2.05) is 35.2 Å². The fourth-order valence-corrected chi connectivity index (χ4v) is 5.34. The van der Waals surface area contributed by atoms with Crippen LogP contribution in [-0.4, -0.2) is 21.0 Å². The Morgan fingerprint density at radius 1 is 1.03 bits per heavy atom. The third kappa shape index (κ3) is 2.69. The Morgan fingerprint density at radius 2 is 1.87 bits per heavy atom. The molecule has 4 aromatic rings. The van der Waals surface area contributed by atoms with Crippen LogP contribution in [0.25, 0.3) is 5.70 Å². The Labute approximate surface area is 182 Å². The maximum Gasteiger partial charge on any atom is 0.227 e. The average molecular weight is 431 g/mol. The molecule has 2 aliphatic rings. The van der Waals surface area contributed by atoms with Crippen LogP contribution >= 0.6 is 23.1 Å². The second-order valence-electron chi connectivity index (χ2n) is 7.14. The van der Waals surface area contributed by atoms with Crippen molar-refractivity contribution in [3.05, 3.63) is 93.7 Å². The summed E-state index contributed by atoms with van der Waals surface area (Å²) in [6.45, 7) is 0. The van der Waals surface area contributed by atoms with Crippen LogP contribution in [0, 0.1) is 0 Å². The molecule has 4 heterocycles. The van der Waals surface area contributed by atoms with Crippen molar-refractivity contribution in [3.8, 4) is 5.75 Å². The summed E-state index contributed by atoms with van der Waals surface area (Å²) >= 11 is 3.28. The van der Waals surface area contributed by atoms with Gasteiger partial charge in [-0.3, -0.25) is 0 Å². The molecule has 6 rings (SSSR count). The molecule has 0 fully saturated rings. The Morgan fingerprint density at radius 3 is 2.67 bits per heavy atom. The van der Waals surface area contributed by atoms with Gasteiger partial charge in [0.15, 0.2) is 0 Å². The molecule has 2 aromatic carbocycles. The lowest BCUT2D eigenvalue weighted by Crippen LogP contribution is -2.32. The highest BCUT2D eigenvalue weighted by Gasteiger charge is 2.41. The van der Waals surface area contributed by atoms with E-state index in [-0.39, 0.29) is 12.1 Å². The quantitative estimate of drug-likeness (QED) is 0.428. The minimum atomic E-state index is -0.217. The highest BCUT2D eigenvalue weighted by atomic mass is 32.2. The molecule has 2 aromatic heterocycles. The normalized spacial score (nSPS) is 19.4. The fraction of sp³-hybridized carbons (Fsp3) is 0.130. The van der Waals surface area contributed by atoms with Crippen molar-refractivity contribution in [2.75, 3.05) is 11.6 Å². The van der Waals surface area contributed by atoms with Crippen LogP contribution in [0.1, 0.15) is 28.1 Å². The third-order valence-corrected chi connectivity index (χ3v) is 6.92. The number of ether oxygens (including phenoxy) is 1. The maximum atomic E-state index is 6.60. The second-order valence-corrected chi connectivity index (χ2v) is 8.90. The lowest BCUT2D eigenvalue weighted by molar-refractivity contribution is 0.223. The molecule has 2 atom stereocenters. The molecule has 148 valence electrons. The first-order chi connectivity index (χ1) is 14.8. The van der Waals surface area contributed by atoms with Crippen LogP contribution in [0.4, 0.5) is 5.95 Å². The molecule has 0 saturated carbocycles. The first kappa shape index (κ1) is 17.8. The number of benzene rings is 2. The molecule has 0 spiro atoms. The van der Waals surface area contributed by atoms with Crippen molar-refractivity contribution in [2.45, 2.75) is 17.3 Å². The highest BCUT2D eigenvalue weighted by molar-refractivity contribution is 7.98. The van der Waals surface area contributed by atoms with Gasteiger partial charge in [0.05, 0.1) is 5.70 Å². The topological polar surface area (TPSA) is 52.0 Å². The van der Waals surface area contributed by atoms with Crippen molar-refractivity contribution in [1.82, 2.24) is 14.8 Å². The number of nitrogens with one attached hydrogen (secondary N) is 1. The minimum absolute atomic E-state index is 0.0804. The predicted octanol–water partition coefficient (Wildman–Crippen LogP) is 5.62. The summed E-state index contributed by atoms with van der Waals surface area (Å²) in [5.74, 6) is 1.64. The van der Waals surface area contributed by atoms with E-state index in [0.717, 1.165) is 39.3 Å². The van der Waals surface area contributed by atoms with Gasteiger partial charge in [-0.05, 0) is 35.4 Å². The van der Waals surface area contributed by atoms with Gasteiger partial charge in [-0.25, -0.2) is 4.68 Å². The first-order valence-corrected chi connectivity index (χ1v) is 11.8. The van der Waals surface area contributed by atoms with Crippen molar-refractivity contribution in [2.24, 2.45) is 0 Å². The van der Waals surface area contributed by atoms with Crippen LogP contribution in [0.15, 0.2) is 82.8 Å². The summed E-state index contributed by atoms with van der Waals surface area (Å²) in [4.78, 5) is 5.94. The van der Waals surface area contributed by atoms with Crippen LogP contribution in [0.2, 0.25) is 0 Å². The molecule has 0 unspecified atom stereocenters. The molecule has 30 heavy (non-hydrogen) atoms. The van der Waals surface area contributed by atoms with Gasteiger partial charge < -0.3 is 10.1 Å². The molecule has 0 saturated heterocycles. The van der Waals surface area contributed by atoms with Gasteiger partial charge in [-0.15, -0.1) is 16.4 Å². The highest BCUT2D eigenvalue weighted by Crippen LogP contribution is 2.51. The van der Waals surface area contributed by atoms with Crippen LogP contribution in [0.5, 0.6) is 5.75 Å². The predicted molar refractivity (Wildman–Crippen MR) is 121 cm³/mol. The zero-order chi connectivity index (χ0) is 20.1. The standard InChI is InChI=1S/C23H18N4OS2/c1-29-23-25-22-24-19-15-10-5-6-11-16(15)28-21(14-8-3-2-4-9-14)18(19)20(27(22)26-23)17-12-7-13-30-17/h2-13,20-21H,1H3,(H,24,25,26)/t20-,21+/m1/s1. The lowest BCUT2D eigenvalue weighted by Gasteiger charge is -2.38. The van der Waals surface area contributed by atoms with E-state index in [0.29, 0.717) is 0 Å². The molecule has 0 radical (unpaired) electrons. The summed E-state index contributed by atoms with van der Waals surface area (Å²) in [6, 6.07) is 22.8. The molecule has 2 aliphatic heterocycles. The van der Waals surface area contributed by atoms with Crippen molar-refractivity contribution < 1.29 is 4.74 Å². The zero-order valence-corrected chi connectivity index (χ0v) is 17.8. The molecule has 0 bridgehead atoms. The van der Waals surface area contributed by atoms with Crippen molar-refractivity contribution in [3.63, 3.8) is 0 Å². The number of hydrogen-bond acceptors (Lipinski definition) is 6. The van der Waals surface area contributed by atoms with Crippen molar-refractivity contribution >= 4 is 34.7 Å². The number of fused-ring (bicyclic) bond motifs is 3. The number of hydrogen-bond donors (Lipinski definition) is 1. The average Bonchev–Trinajstić information content (AvgIpc) is 3.47. The summed E-state index contributed by atoms with van der Waals surface area (Å²) in [5.41, 5.74) is 4.40. The molecular weight excluding hydrogens is 412 g/mol. The summed E-state index contributed by atoms with van der Waals surface area (Å²) < 4.78 is 8.61. The van der Waals surface area contributed by atoms with E-state index < -0.39 is 0 Å². The number of rotatable bonds is 3. The number of thiophene rings is 1. The Balaban J connectivity index is 1.64. The van der Waals surface area contributed by atoms with Crippen molar-refractivity contribution in [1.29, 1.82) is 0 Å². The number of thioether (sulfide) groups is 1. The van der Waals surface area contributed by atoms with Crippen LogP contribution in [-0.2, 0) is 0 Å². The summed E-state index contributed by atoms with van der Waals surface area (Å²) in [5, 5.41) is 11.3. The van der Waals surface area contributed by atoms with E-state index in [4.69, 9.17) is 14.8 Å². The van der Waals surface area contributed by atoms with Gasteiger partial charge >= 0.3 is 0 Å². The molecule has 5 nitrogen and oxygen atoms in total. The maximum absolute atomic E-state index is 6.60. The Hall–Kier alpha value is -3.03. The molecule has 7 heteroatoms. The van der Waals surface area contributed by atoms with E-state index in [2.05, 4.69) is 53.2 Å². The summed E-state index contributed by atoms with van der Waals surface area (Å²) in [6.07, 6.45) is 1.78. The number of anilines is 1. The molecule has 0 aliphatic carbocycles. The van der Waals surface area contributed by atoms with Gasteiger partial charge in [0.25, 0.3) is 0 Å². The molecular formula is C23H18N4OS2. The fourth-order valence-electron chi connectivity index (χ4n) is 4.17. The lowest BCUT2D eigenvalue weighted by atomic mass is 9.87. The monoisotopic (exact) mass is 430 g/mol. The van der Waals surface area contributed by atoms with Crippen LogP contribution in [0.3, 0.4) is 0 Å². The van der Waals surface area contributed by atoms with Gasteiger partial charge in [-0.1, -0.05) is 60.3 Å². The van der Waals surface area contributed by atoms with E-state index in [1.54, 1.807) is 23.1 Å². The largest absolute Gasteiger partial charge is 0.480 e.